The third kappa shape index (κ3) is 4.16. The molecule has 5 N–H and O–H groups in total. The molecule has 0 aliphatic heterocycles. The Morgan fingerprint density at radius 2 is 1.85 bits per heavy atom. The molecule has 0 aliphatic carbocycles. The highest BCUT2D eigenvalue weighted by atomic mass is 32.1. The highest BCUT2D eigenvalue weighted by Crippen LogP contribution is 2.30. The topological polar surface area (TPSA) is 104 Å². The van der Waals surface area contributed by atoms with E-state index in [0.29, 0.717) is 22.5 Å². The number of nitrogens with one attached hydrogen (secondary N) is 2. The van der Waals surface area contributed by atoms with Crippen molar-refractivity contribution >= 4 is 34.5 Å². The Morgan fingerprint density at radius 3 is 2.48 bits per heavy atom. The summed E-state index contributed by atoms with van der Waals surface area (Å²) < 4.78 is 0. The minimum Gasteiger partial charge on any atom is -0.397 e. The average Bonchev–Trinajstić information content (AvgIpc) is 3.23. The summed E-state index contributed by atoms with van der Waals surface area (Å²) in [7, 11) is 1.45. The van der Waals surface area contributed by atoms with Gasteiger partial charge < -0.3 is 21.5 Å². The first-order valence-corrected chi connectivity index (χ1v) is 9.12. The lowest BCUT2D eigenvalue weighted by Gasteiger charge is -2.12. The number of carbonyl (C=O) groups is 2. The monoisotopic (exact) mass is 381 g/mol. The minimum absolute atomic E-state index is 0.328. The molecule has 7 heteroatoms. The molecule has 1 atom stereocenters. The maximum atomic E-state index is 12.5. The number of thiophene rings is 1. The summed E-state index contributed by atoms with van der Waals surface area (Å²) >= 11 is 1.60. The predicted octanol–water partition coefficient (Wildman–Crippen LogP) is 3.03. The number of benzene rings is 2. The van der Waals surface area contributed by atoms with Crippen molar-refractivity contribution in [1.29, 1.82) is 0 Å². The number of amides is 2. The van der Waals surface area contributed by atoms with E-state index < -0.39 is 12.0 Å². The predicted molar refractivity (Wildman–Crippen MR) is 108 cm³/mol. The van der Waals surface area contributed by atoms with Gasteiger partial charge in [0.15, 0.2) is 6.10 Å². The minimum atomic E-state index is -1.27. The van der Waals surface area contributed by atoms with E-state index in [1.165, 1.54) is 7.05 Å². The van der Waals surface area contributed by atoms with Crippen molar-refractivity contribution in [3.63, 3.8) is 0 Å². The van der Waals surface area contributed by atoms with Gasteiger partial charge in [-0.15, -0.1) is 11.3 Å². The van der Waals surface area contributed by atoms with E-state index in [-0.39, 0.29) is 5.91 Å². The van der Waals surface area contributed by atoms with Crippen molar-refractivity contribution in [2.75, 3.05) is 18.1 Å². The molecule has 1 heterocycles. The number of anilines is 2. The summed E-state index contributed by atoms with van der Waals surface area (Å²) in [5.74, 6) is -0.837. The molecule has 0 unspecified atom stereocenters. The van der Waals surface area contributed by atoms with Crippen LogP contribution in [0.2, 0.25) is 0 Å². The molecule has 27 heavy (non-hydrogen) atoms. The van der Waals surface area contributed by atoms with Gasteiger partial charge in [-0.25, -0.2) is 0 Å². The van der Waals surface area contributed by atoms with Crippen molar-refractivity contribution < 1.29 is 14.7 Å². The van der Waals surface area contributed by atoms with Crippen LogP contribution < -0.4 is 16.4 Å². The normalized spacial score (nSPS) is 11.6. The first-order valence-electron chi connectivity index (χ1n) is 8.24. The standard InChI is InChI=1S/C20H19N3O3S/c1-22-20(26)18(24)12-4-6-13(7-5-12)19(25)23-16-11-14(8-9-15(16)21)17-3-2-10-27-17/h2-11,18,24H,21H2,1H3,(H,22,26)(H,23,25)/t18-/m0/s1. The van der Waals surface area contributed by atoms with Crippen molar-refractivity contribution in [2.45, 2.75) is 6.10 Å². The van der Waals surface area contributed by atoms with Crippen LogP contribution >= 0.6 is 11.3 Å². The largest absolute Gasteiger partial charge is 0.397 e. The maximum absolute atomic E-state index is 12.5. The van der Waals surface area contributed by atoms with Gasteiger partial charge >= 0.3 is 0 Å². The van der Waals surface area contributed by atoms with Crippen molar-refractivity contribution in [2.24, 2.45) is 0 Å². The van der Waals surface area contributed by atoms with Gasteiger partial charge in [0.2, 0.25) is 0 Å². The lowest BCUT2D eigenvalue weighted by Crippen LogP contribution is -2.25. The molecule has 3 rings (SSSR count). The Bertz CT molecular complexity index is 953. The fourth-order valence-corrected chi connectivity index (χ4v) is 3.28. The number of rotatable bonds is 5. The number of carbonyl (C=O) groups excluding carboxylic acids is 2. The molecular weight excluding hydrogens is 362 g/mol. The van der Waals surface area contributed by atoms with Gasteiger partial charge in [-0.05, 0) is 46.8 Å². The Kier molecular flexibility index (Phi) is 5.54. The average molecular weight is 381 g/mol. The lowest BCUT2D eigenvalue weighted by molar-refractivity contribution is -0.129. The molecule has 6 nitrogen and oxygen atoms in total. The molecule has 138 valence electrons. The van der Waals surface area contributed by atoms with Gasteiger partial charge in [0.25, 0.3) is 11.8 Å². The van der Waals surface area contributed by atoms with E-state index in [2.05, 4.69) is 10.6 Å². The van der Waals surface area contributed by atoms with Gasteiger partial charge in [0, 0.05) is 17.5 Å². The Balaban J connectivity index is 1.77. The van der Waals surface area contributed by atoms with Gasteiger partial charge in [0.05, 0.1) is 11.4 Å². The molecule has 3 aromatic rings. The highest BCUT2D eigenvalue weighted by molar-refractivity contribution is 7.13. The van der Waals surface area contributed by atoms with E-state index in [1.807, 2.05) is 29.6 Å². The zero-order valence-electron chi connectivity index (χ0n) is 14.6. The summed E-state index contributed by atoms with van der Waals surface area (Å²) in [6.07, 6.45) is -1.27. The zero-order valence-corrected chi connectivity index (χ0v) is 15.4. The van der Waals surface area contributed by atoms with Gasteiger partial charge in [-0.2, -0.15) is 0 Å². The second-order valence-electron chi connectivity index (χ2n) is 5.87. The van der Waals surface area contributed by atoms with E-state index in [9.17, 15) is 14.7 Å². The van der Waals surface area contributed by atoms with Crippen LogP contribution in [0.5, 0.6) is 0 Å². The van der Waals surface area contributed by atoms with Crippen LogP contribution in [0.4, 0.5) is 11.4 Å². The first kappa shape index (κ1) is 18.6. The zero-order chi connectivity index (χ0) is 19.4. The van der Waals surface area contributed by atoms with Crippen molar-refractivity contribution in [1.82, 2.24) is 5.32 Å². The number of nitrogen functional groups attached to an aromatic ring is 1. The van der Waals surface area contributed by atoms with Crippen LogP contribution in [0.1, 0.15) is 22.0 Å². The van der Waals surface area contributed by atoms with Crippen molar-refractivity contribution in [3.8, 4) is 10.4 Å². The van der Waals surface area contributed by atoms with Crippen LogP contribution in [-0.2, 0) is 4.79 Å². The van der Waals surface area contributed by atoms with Crippen molar-refractivity contribution in [3.05, 3.63) is 71.1 Å². The molecule has 0 radical (unpaired) electrons. The molecule has 2 amide bonds. The molecule has 0 aliphatic rings. The first-order chi connectivity index (χ1) is 13.0. The van der Waals surface area contributed by atoms with Gasteiger partial charge in [-0.3, -0.25) is 9.59 Å². The highest BCUT2D eigenvalue weighted by Gasteiger charge is 2.16. The molecular formula is C20H19N3O3S. The fraction of sp³-hybridized carbons (Fsp3) is 0.100. The van der Waals surface area contributed by atoms with Crippen LogP contribution in [0.25, 0.3) is 10.4 Å². The lowest BCUT2D eigenvalue weighted by atomic mass is 10.1. The Labute approximate surface area is 160 Å². The Hall–Kier alpha value is -3.16. The number of hydrogen-bond acceptors (Lipinski definition) is 5. The third-order valence-electron chi connectivity index (χ3n) is 4.09. The quantitative estimate of drug-likeness (QED) is 0.510. The number of nitrogens with two attached hydrogens (primary N) is 1. The number of hydrogen-bond donors (Lipinski definition) is 4. The second-order valence-corrected chi connectivity index (χ2v) is 6.82. The van der Waals surface area contributed by atoms with E-state index in [4.69, 9.17) is 5.73 Å². The van der Waals surface area contributed by atoms with E-state index in [0.717, 1.165) is 10.4 Å². The molecule has 0 saturated carbocycles. The number of aliphatic hydroxyl groups excluding tert-OH is 1. The summed E-state index contributed by atoms with van der Waals surface area (Å²) in [6.45, 7) is 0. The van der Waals surface area contributed by atoms with Crippen LogP contribution in [-0.4, -0.2) is 24.0 Å². The molecule has 2 aromatic carbocycles. The summed E-state index contributed by atoms with van der Waals surface area (Å²) in [6, 6.07) is 15.6. The Morgan fingerprint density at radius 1 is 1.11 bits per heavy atom. The maximum Gasteiger partial charge on any atom is 0.255 e. The van der Waals surface area contributed by atoms with Crippen LogP contribution in [0.3, 0.4) is 0 Å². The van der Waals surface area contributed by atoms with Gasteiger partial charge in [-0.1, -0.05) is 24.3 Å². The number of aliphatic hydroxyl groups is 1. The molecule has 0 fully saturated rings. The number of likely N-dealkylation sites (N-methyl/N-ethyl adjacent to an activating group) is 1. The SMILES string of the molecule is CNC(=O)[C@@H](O)c1ccc(C(=O)Nc2cc(-c3cccs3)ccc2N)cc1. The summed E-state index contributed by atoms with van der Waals surface area (Å²) in [5, 5.41) is 17.1. The summed E-state index contributed by atoms with van der Waals surface area (Å²) in [4.78, 5) is 25.1. The molecule has 1 aromatic heterocycles. The summed E-state index contributed by atoms with van der Waals surface area (Å²) in [5.41, 5.74) is 8.76. The van der Waals surface area contributed by atoms with Crippen LogP contribution in [0, 0.1) is 0 Å². The molecule has 0 saturated heterocycles. The third-order valence-corrected chi connectivity index (χ3v) is 5.01. The van der Waals surface area contributed by atoms with Crippen LogP contribution in [0.15, 0.2) is 60.0 Å². The molecule has 0 spiro atoms. The molecule has 0 bridgehead atoms. The fourth-order valence-electron chi connectivity index (χ4n) is 2.56. The van der Waals surface area contributed by atoms with E-state index >= 15 is 0 Å². The van der Waals surface area contributed by atoms with E-state index in [1.54, 1.807) is 41.7 Å². The second kappa shape index (κ2) is 8.03. The van der Waals surface area contributed by atoms with Gasteiger partial charge in [0.1, 0.15) is 0 Å². The smallest absolute Gasteiger partial charge is 0.255 e.